The molecule has 0 aliphatic heterocycles. The number of aryl methyl sites for hydroxylation is 1. The summed E-state index contributed by atoms with van der Waals surface area (Å²) in [4.78, 5) is 36.4. The Hall–Kier alpha value is -3.64. The number of hydrogen-bond donors (Lipinski definition) is 3. The van der Waals surface area contributed by atoms with Crippen molar-refractivity contribution in [2.75, 3.05) is 18.5 Å². The Bertz CT molecular complexity index is 1310. The van der Waals surface area contributed by atoms with E-state index < -0.39 is 11.8 Å². The molecule has 3 aromatic carbocycles. The van der Waals surface area contributed by atoms with E-state index in [1.165, 1.54) is 6.21 Å². The fourth-order valence-electron chi connectivity index (χ4n) is 3.12. The van der Waals surface area contributed by atoms with Gasteiger partial charge < -0.3 is 20.1 Å². The maximum absolute atomic E-state index is 12.3. The van der Waals surface area contributed by atoms with E-state index in [2.05, 4.69) is 43.8 Å². The van der Waals surface area contributed by atoms with Gasteiger partial charge in [0.25, 0.3) is 5.91 Å². The molecule has 0 fully saturated rings. The Morgan fingerprint density at radius 2 is 1.71 bits per heavy atom. The summed E-state index contributed by atoms with van der Waals surface area (Å²) in [5, 5.41) is 9.72. The highest BCUT2D eigenvalue weighted by molar-refractivity contribution is 14.1. The largest absolute Gasteiger partial charge is 0.490 e. The molecule has 3 rings (SSSR count). The van der Waals surface area contributed by atoms with Crippen LogP contribution in [0.1, 0.15) is 23.6 Å². The van der Waals surface area contributed by atoms with Gasteiger partial charge in [0.2, 0.25) is 0 Å². The van der Waals surface area contributed by atoms with Crippen molar-refractivity contribution in [2.45, 2.75) is 20.4 Å². The molecule has 0 atom stereocenters. The van der Waals surface area contributed by atoms with Gasteiger partial charge in [-0.25, -0.2) is 5.43 Å². The van der Waals surface area contributed by atoms with Gasteiger partial charge in [-0.1, -0.05) is 41.4 Å². The summed E-state index contributed by atoms with van der Waals surface area (Å²) >= 11 is 7.92. The number of anilines is 1. The van der Waals surface area contributed by atoms with Crippen LogP contribution in [0.25, 0.3) is 0 Å². The Labute approximate surface area is 239 Å². The quantitative estimate of drug-likeness (QED) is 0.130. The molecule has 0 aromatic heterocycles. The zero-order valence-corrected chi connectivity index (χ0v) is 23.6. The first-order chi connectivity index (χ1) is 18.2. The van der Waals surface area contributed by atoms with E-state index in [4.69, 9.17) is 21.1 Å². The first kappa shape index (κ1) is 28.9. The predicted octanol–water partition coefficient (Wildman–Crippen LogP) is 4.44. The summed E-state index contributed by atoms with van der Waals surface area (Å²) < 4.78 is 12.1. The minimum absolute atomic E-state index is 0.228. The van der Waals surface area contributed by atoms with E-state index >= 15 is 0 Å². The molecule has 3 aromatic rings. The summed E-state index contributed by atoms with van der Waals surface area (Å²) in [5.41, 5.74) is 5.39. The van der Waals surface area contributed by atoms with Crippen LogP contribution in [-0.2, 0) is 20.9 Å². The fraction of sp³-hybridized carbons (Fsp3) is 0.185. The van der Waals surface area contributed by atoms with Crippen LogP contribution in [0.4, 0.5) is 5.69 Å². The van der Waals surface area contributed by atoms with Crippen molar-refractivity contribution in [3.8, 4) is 11.5 Å². The number of ether oxygens (including phenoxy) is 2. The topological polar surface area (TPSA) is 118 Å². The number of benzene rings is 3. The summed E-state index contributed by atoms with van der Waals surface area (Å²) in [6, 6.07) is 17.7. The SMILES string of the molecule is CCOc1cc(/C=N\NC(=O)C(=O)NCc2ccc(C)cc2)cc(I)c1OCC(=O)Nc1ccc(Cl)cc1. The fourth-order valence-corrected chi connectivity index (χ4v) is 4.03. The maximum atomic E-state index is 12.3. The second-order valence-corrected chi connectivity index (χ2v) is 9.57. The molecule has 9 nitrogen and oxygen atoms in total. The average Bonchev–Trinajstić information content (AvgIpc) is 2.89. The van der Waals surface area contributed by atoms with Crippen LogP contribution < -0.4 is 25.5 Å². The lowest BCUT2D eigenvalue weighted by Crippen LogP contribution is -2.37. The second kappa shape index (κ2) is 14.3. The number of nitrogens with one attached hydrogen (secondary N) is 3. The summed E-state index contributed by atoms with van der Waals surface area (Å²) in [6.07, 6.45) is 1.38. The van der Waals surface area contributed by atoms with Crippen molar-refractivity contribution in [1.82, 2.24) is 10.7 Å². The average molecular weight is 649 g/mol. The molecule has 0 saturated heterocycles. The highest BCUT2D eigenvalue weighted by atomic mass is 127. The van der Waals surface area contributed by atoms with Crippen LogP contribution in [0.15, 0.2) is 65.8 Å². The van der Waals surface area contributed by atoms with Gasteiger partial charge in [0, 0.05) is 17.3 Å². The van der Waals surface area contributed by atoms with E-state index in [0.29, 0.717) is 37.9 Å². The molecular formula is C27H26ClIN4O5. The van der Waals surface area contributed by atoms with Crippen LogP contribution in [0.3, 0.4) is 0 Å². The minimum Gasteiger partial charge on any atom is -0.490 e. The van der Waals surface area contributed by atoms with Crippen molar-refractivity contribution in [3.63, 3.8) is 0 Å². The smallest absolute Gasteiger partial charge is 0.329 e. The van der Waals surface area contributed by atoms with Gasteiger partial charge in [-0.15, -0.1) is 0 Å². The van der Waals surface area contributed by atoms with Crippen LogP contribution in [-0.4, -0.2) is 37.1 Å². The molecule has 0 unspecified atom stereocenters. The molecular weight excluding hydrogens is 623 g/mol. The van der Waals surface area contributed by atoms with E-state index in [-0.39, 0.29) is 19.1 Å². The number of halogens is 2. The number of nitrogens with zero attached hydrogens (tertiary/aromatic N) is 1. The lowest BCUT2D eigenvalue weighted by molar-refractivity contribution is -0.139. The number of amides is 3. The Balaban J connectivity index is 1.56. The maximum Gasteiger partial charge on any atom is 0.329 e. The van der Waals surface area contributed by atoms with E-state index in [1.807, 2.05) is 38.1 Å². The number of hydrogen-bond acceptors (Lipinski definition) is 6. The van der Waals surface area contributed by atoms with Crippen molar-refractivity contribution in [2.24, 2.45) is 5.10 Å². The first-order valence-electron chi connectivity index (χ1n) is 11.6. The lowest BCUT2D eigenvalue weighted by Gasteiger charge is -2.14. The summed E-state index contributed by atoms with van der Waals surface area (Å²) in [5.74, 6) is -1.23. The van der Waals surface area contributed by atoms with Crippen LogP contribution in [0.5, 0.6) is 11.5 Å². The Morgan fingerprint density at radius 1 is 1.00 bits per heavy atom. The standard InChI is InChI=1S/C27H26ClIN4O5/c1-3-37-23-13-19(15-31-33-27(36)26(35)30-14-18-6-4-17(2)5-7-18)12-22(29)25(23)38-16-24(34)32-21-10-8-20(28)9-11-21/h4-13,15H,3,14,16H2,1-2H3,(H,30,35)(H,32,34)(H,33,36)/b31-15-. The molecule has 0 bridgehead atoms. The Kier molecular flexibility index (Phi) is 10.9. The Morgan fingerprint density at radius 3 is 2.39 bits per heavy atom. The molecule has 198 valence electrons. The van der Waals surface area contributed by atoms with Gasteiger partial charge in [-0.3, -0.25) is 14.4 Å². The van der Waals surface area contributed by atoms with E-state index in [1.54, 1.807) is 36.4 Å². The summed E-state index contributed by atoms with van der Waals surface area (Å²) in [7, 11) is 0. The molecule has 3 amide bonds. The first-order valence-corrected chi connectivity index (χ1v) is 13.0. The van der Waals surface area contributed by atoms with Crippen molar-refractivity contribution >= 4 is 63.8 Å². The third kappa shape index (κ3) is 9.03. The van der Waals surface area contributed by atoms with Crippen LogP contribution >= 0.6 is 34.2 Å². The van der Waals surface area contributed by atoms with Gasteiger partial charge in [0.15, 0.2) is 18.1 Å². The van der Waals surface area contributed by atoms with Crippen molar-refractivity contribution in [1.29, 1.82) is 0 Å². The zero-order valence-electron chi connectivity index (χ0n) is 20.7. The zero-order chi connectivity index (χ0) is 27.5. The van der Waals surface area contributed by atoms with Gasteiger partial charge >= 0.3 is 11.8 Å². The molecule has 0 spiro atoms. The van der Waals surface area contributed by atoms with Crippen LogP contribution in [0.2, 0.25) is 5.02 Å². The predicted molar refractivity (Wildman–Crippen MR) is 155 cm³/mol. The molecule has 0 heterocycles. The van der Waals surface area contributed by atoms with Crippen molar-refractivity contribution in [3.05, 3.63) is 85.9 Å². The van der Waals surface area contributed by atoms with Crippen molar-refractivity contribution < 1.29 is 23.9 Å². The van der Waals surface area contributed by atoms with Gasteiger partial charge in [0.05, 0.1) is 16.4 Å². The lowest BCUT2D eigenvalue weighted by atomic mass is 10.1. The number of carbonyl (C=O) groups excluding carboxylic acids is 3. The summed E-state index contributed by atoms with van der Waals surface area (Å²) in [6.45, 7) is 4.14. The highest BCUT2D eigenvalue weighted by Crippen LogP contribution is 2.34. The number of hydrazone groups is 1. The molecule has 3 N–H and O–H groups in total. The normalized spacial score (nSPS) is 10.6. The third-order valence-corrected chi connectivity index (χ3v) is 6.02. The number of carbonyl (C=O) groups is 3. The third-order valence-electron chi connectivity index (χ3n) is 4.97. The van der Waals surface area contributed by atoms with E-state index in [0.717, 1.165) is 11.1 Å². The van der Waals surface area contributed by atoms with Crippen LogP contribution in [0, 0.1) is 10.5 Å². The molecule has 0 radical (unpaired) electrons. The van der Waals surface area contributed by atoms with Gasteiger partial charge in [-0.2, -0.15) is 5.10 Å². The van der Waals surface area contributed by atoms with E-state index in [9.17, 15) is 14.4 Å². The van der Waals surface area contributed by atoms with Gasteiger partial charge in [0.1, 0.15) is 0 Å². The highest BCUT2D eigenvalue weighted by Gasteiger charge is 2.15. The molecule has 38 heavy (non-hydrogen) atoms. The molecule has 11 heteroatoms. The molecule has 0 aliphatic carbocycles. The second-order valence-electron chi connectivity index (χ2n) is 7.97. The minimum atomic E-state index is -0.889. The number of rotatable bonds is 10. The van der Waals surface area contributed by atoms with Gasteiger partial charge in [-0.05, 0) is 84.0 Å². The molecule has 0 aliphatic rings. The monoisotopic (exact) mass is 648 g/mol. The molecule has 0 saturated carbocycles.